The summed E-state index contributed by atoms with van der Waals surface area (Å²) < 4.78 is 47.7. The van der Waals surface area contributed by atoms with Crippen LogP contribution < -0.4 is 11.1 Å². The average Bonchev–Trinajstić information content (AvgIpc) is 3.43. The van der Waals surface area contributed by atoms with E-state index in [1.165, 1.54) is 29.3 Å². The van der Waals surface area contributed by atoms with Crippen molar-refractivity contribution in [2.24, 2.45) is 5.73 Å². The number of pyridine rings is 1. The number of anilines is 1. The number of carbonyl (C=O) groups is 2. The summed E-state index contributed by atoms with van der Waals surface area (Å²) in [4.78, 5) is 28.2. The molecule has 0 aliphatic carbocycles. The van der Waals surface area contributed by atoms with Crippen molar-refractivity contribution in [3.63, 3.8) is 0 Å². The van der Waals surface area contributed by atoms with Gasteiger partial charge in [0.2, 0.25) is 5.91 Å². The molecule has 0 saturated heterocycles. The van der Waals surface area contributed by atoms with Crippen molar-refractivity contribution in [1.29, 1.82) is 0 Å². The zero-order chi connectivity index (χ0) is 23.2. The van der Waals surface area contributed by atoms with Crippen LogP contribution >= 0.6 is 27.3 Å². The summed E-state index contributed by atoms with van der Waals surface area (Å²) in [6.07, 6.45) is -1.91. The zero-order valence-electron chi connectivity index (χ0n) is 16.2. The van der Waals surface area contributed by atoms with Gasteiger partial charge in [-0.15, -0.1) is 11.3 Å². The van der Waals surface area contributed by atoms with Gasteiger partial charge in [0.1, 0.15) is 27.7 Å². The zero-order valence-corrected chi connectivity index (χ0v) is 18.6. The van der Waals surface area contributed by atoms with Gasteiger partial charge < -0.3 is 15.5 Å². The van der Waals surface area contributed by atoms with Crippen LogP contribution in [0.5, 0.6) is 0 Å². The minimum atomic E-state index is -4.74. The number of fused-ring (bicyclic) bond motifs is 1. The fourth-order valence-electron chi connectivity index (χ4n) is 3.06. The molecule has 0 aliphatic rings. The number of rotatable bonds is 5. The third kappa shape index (κ3) is 4.00. The summed E-state index contributed by atoms with van der Waals surface area (Å²) in [5.41, 5.74) is 4.97. The van der Waals surface area contributed by atoms with Crippen molar-refractivity contribution < 1.29 is 27.2 Å². The highest BCUT2D eigenvalue weighted by atomic mass is 79.9. The molecule has 0 fully saturated rings. The molecule has 4 heterocycles. The molecule has 4 rings (SSSR count). The Morgan fingerprint density at radius 1 is 1.38 bits per heavy atom. The molecular formula is C19H13BrF3N5O3S. The summed E-state index contributed by atoms with van der Waals surface area (Å²) in [5, 5.41) is 6.78. The highest BCUT2D eigenvalue weighted by molar-refractivity contribution is 9.10. The third-order valence-electron chi connectivity index (χ3n) is 4.56. The number of alkyl halides is 3. The molecule has 0 bridgehead atoms. The Hall–Kier alpha value is -3.19. The fraction of sp³-hybridized carbons (Fsp3) is 0.158. The molecule has 0 spiro atoms. The molecule has 0 aromatic carbocycles. The number of primary amides is 1. The second-order valence-electron chi connectivity index (χ2n) is 6.66. The number of hydrogen-bond acceptors (Lipinski definition) is 6. The fourth-order valence-corrected chi connectivity index (χ4v) is 4.36. The maximum Gasteiger partial charge on any atom is 0.433 e. The van der Waals surface area contributed by atoms with E-state index in [0.717, 1.165) is 6.07 Å². The van der Waals surface area contributed by atoms with Gasteiger partial charge in [-0.05, 0) is 41.1 Å². The minimum absolute atomic E-state index is 0.0180. The van der Waals surface area contributed by atoms with Gasteiger partial charge in [0, 0.05) is 10.9 Å². The molecule has 8 nitrogen and oxygen atoms in total. The molecule has 0 radical (unpaired) electrons. The number of nitrogens with one attached hydrogen (secondary N) is 1. The topological polar surface area (TPSA) is 116 Å². The Bertz CT molecular complexity index is 1340. The lowest BCUT2D eigenvalue weighted by Crippen LogP contribution is -2.22. The Labute approximate surface area is 190 Å². The Morgan fingerprint density at radius 3 is 2.69 bits per heavy atom. The maximum atomic E-state index is 13.4. The Morgan fingerprint density at radius 2 is 2.12 bits per heavy atom. The second-order valence-corrected chi connectivity index (χ2v) is 8.52. The number of thiophene rings is 1. The van der Waals surface area contributed by atoms with E-state index in [1.807, 2.05) is 0 Å². The lowest BCUT2D eigenvalue weighted by Gasteiger charge is -2.11. The highest BCUT2D eigenvalue weighted by Crippen LogP contribution is 2.43. The van der Waals surface area contributed by atoms with Crippen LogP contribution in [-0.2, 0) is 17.5 Å². The van der Waals surface area contributed by atoms with Gasteiger partial charge >= 0.3 is 6.18 Å². The highest BCUT2D eigenvalue weighted by Gasteiger charge is 2.35. The van der Waals surface area contributed by atoms with Crippen molar-refractivity contribution in [2.75, 3.05) is 5.32 Å². The van der Waals surface area contributed by atoms with E-state index in [4.69, 9.17) is 10.2 Å². The number of nitrogens with two attached hydrogens (primary N) is 1. The molecule has 13 heteroatoms. The van der Waals surface area contributed by atoms with Gasteiger partial charge in [-0.3, -0.25) is 14.3 Å². The van der Waals surface area contributed by atoms with Crippen molar-refractivity contribution >= 4 is 55.0 Å². The normalized spacial score (nSPS) is 11.8. The van der Waals surface area contributed by atoms with E-state index < -0.39 is 23.7 Å². The number of halogens is 4. The van der Waals surface area contributed by atoms with Gasteiger partial charge in [-0.25, -0.2) is 4.98 Å². The first kappa shape index (κ1) is 22.0. The number of furan rings is 1. The first-order valence-corrected chi connectivity index (χ1v) is 10.5. The van der Waals surface area contributed by atoms with Gasteiger partial charge in [0.25, 0.3) is 5.91 Å². The van der Waals surface area contributed by atoms with Gasteiger partial charge in [-0.2, -0.15) is 18.3 Å². The van der Waals surface area contributed by atoms with E-state index in [0.29, 0.717) is 21.5 Å². The average molecular weight is 528 g/mol. The van der Waals surface area contributed by atoms with Crippen molar-refractivity contribution in [1.82, 2.24) is 14.8 Å². The van der Waals surface area contributed by atoms with Crippen LogP contribution in [0.3, 0.4) is 0 Å². The van der Waals surface area contributed by atoms with E-state index >= 15 is 0 Å². The van der Waals surface area contributed by atoms with Crippen molar-refractivity contribution in [2.45, 2.75) is 19.6 Å². The molecule has 0 unspecified atom stereocenters. The van der Waals surface area contributed by atoms with Crippen molar-refractivity contribution in [3.05, 3.63) is 51.4 Å². The first-order valence-electron chi connectivity index (χ1n) is 8.92. The Balaban J connectivity index is 1.87. The lowest BCUT2D eigenvalue weighted by atomic mass is 10.1. The summed E-state index contributed by atoms with van der Waals surface area (Å²) in [5.74, 6) is -1.37. The van der Waals surface area contributed by atoms with Crippen LogP contribution in [0.1, 0.15) is 21.1 Å². The van der Waals surface area contributed by atoms with Crippen molar-refractivity contribution in [3.8, 4) is 11.3 Å². The third-order valence-corrected chi connectivity index (χ3v) is 6.44. The molecule has 4 aromatic heterocycles. The lowest BCUT2D eigenvalue weighted by molar-refractivity contribution is -0.140. The van der Waals surface area contributed by atoms with E-state index in [-0.39, 0.29) is 38.6 Å². The number of nitrogens with zero attached hydrogens (tertiary/aromatic N) is 3. The van der Waals surface area contributed by atoms with Crippen LogP contribution in [-0.4, -0.2) is 26.6 Å². The standard InChI is InChI=1S/C19H13BrF3N5O3S/c1-8-10(20)6-25-28(8)7-13(29)27-15-14-9(11-3-2-4-31-11)5-12(19(21,22)23)26-18(14)32-16(15)17(24)30/h2-6H,7H2,1H3,(H2,24,30)(H,27,29). The van der Waals surface area contributed by atoms with Crippen LogP contribution in [0.4, 0.5) is 18.9 Å². The molecule has 0 saturated carbocycles. The number of carbonyl (C=O) groups excluding carboxylic acids is 2. The maximum absolute atomic E-state index is 13.4. The first-order chi connectivity index (χ1) is 15.1. The molecule has 2 amide bonds. The summed E-state index contributed by atoms with van der Waals surface area (Å²) in [7, 11) is 0. The van der Waals surface area contributed by atoms with Crippen LogP contribution in [0.25, 0.3) is 21.5 Å². The SMILES string of the molecule is Cc1c(Br)cnn1CC(=O)Nc1c(C(N)=O)sc2nc(C(F)(F)F)cc(-c3ccco3)c12. The van der Waals surface area contributed by atoms with Gasteiger partial charge in [-0.1, -0.05) is 0 Å². The smallest absolute Gasteiger partial charge is 0.433 e. The largest absolute Gasteiger partial charge is 0.464 e. The number of aromatic nitrogens is 3. The van der Waals surface area contributed by atoms with E-state index in [9.17, 15) is 22.8 Å². The molecule has 32 heavy (non-hydrogen) atoms. The second kappa shape index (κ2) is 8.06. The summed E-state index contributed by atoms with van der Waals surface area (Å²) >= 11 is 3.96. The van der Waals surface area contributed by atoms with Gasteiger partial charge in [0.05, 0.1) is 28.3 Å². The Kier molecular flexibility index (Phi) is 5.54. The van der Waals surface area contributed by atoms with E-state index in [1.54, 1.807) is 6.92 Å². The van der Waals surface area contributed by atoms with Crippen LogP contribution in [0.15, 0.2) is 39.5 Å². The minimum Gasteiger partial charge on any atom is -0.464 e. The summed E-state index contributed by atoms with van der Waals surface area (Å²) in [6.45, 7) is 1.55. The molecule has 166 valence electrons. The monoisotopic (exact) mass is 527 g/mol. The quantitative estimate of drug-likeness (QED) is 0.394. The predicted octanol–water partition coefficient (Wildman–Crippen LogP) is 4.58. The predicted molar refractivity (Wildman–Crippen MR) is 114 cm³/mol. The van der Waals surface area contributed by atoms with E-state index in [2.05, 4.69) is 31.3 Å². The number of hydrogen-bond donors (Lipinski definition) is 2. The molecule has 0 aliphatic heterocycles. The van der Waals surface area contributed by atoms with Crippen LogP contribution in [0, 0.1) is 6.92 Å². The molecule has 0 atom stereocenters. The van der Waals surface area contributed by atoms with Crippen LogP contribution in [0.2, 0.25) is 0 Å². The van der Waals surface area contributed by atoms with Gasteiger partial charge in [0.15, 0.2) is 0 Å². The number of amides is 2. The molecule has 4 aromatic rings. The summed E-state index contributed by atoms with van der Waals surface area (Å²) in [6, 6.07) is 3.78. The molecular weight excluding hydrogens is 515 g/mol. The molecule has 3 N–H and O–H groups in total.